The highest BCUT2D eigenvalue weighted by molar-refractivity contribution is 5.79. The Hall–Kier alpha value is -1.32. The summed E-state index contributed by atoms with van der Waals surface area (Å²) in [6.07, 6.45) is 3.95. The molecular weight excluding hydrogens is 190 g/mol. The van der Waals surface area contributed by atoms with Crippen LogP contribution >= 0.6 is 0 Å². The molecule has 0 radical (unpaired) electrons. The average molecular weight is 209 g/mol. The first-order valence-electron chi connectivity index (χ1n) is 5.44. The Bertz CT molecular complexity index is 319. The van der Waals surface area contributed by atoms with E-state index in [1.165, 1.54) is 0 Å². The van der Waals surface area contributed by atoms with E-state index in [1.807, 2.05) is 26.1 Å². The van der Waals surface area contributed by atoms with Gasteiger partial charge in [0.25, 0.3) is 0 Å². The third-order valence-corrected chi connectivity index (χ3v) is 2.35. The summed E-state index contributed by atoms with van der Waals surface area (Å²) < 4.78 is 1.69. The van der Waals surface area contributed by atoms with Crippen molar-refractivity contribution in [1.29, 1.82) is 0 Å². The summed E-state index contributed by atoms with van der Waals surface area (Å²) in [6.45, 7) is 6.62. The van der Waals surface area contributed by atoms with E-state index in [1.54, 1.807) is 4.68 Å². The highest BCUT2D eigenvalue weighted by Crippen LogP contribution is 2.05. The van der Waals surface area contributed by atoms with Crippen LogP contribution in [0.3, 0.4) is 0 Å². The molecule has 1 N–H and O–H groups in total. The number of aryl methyl sites for hydroxylation is 1. The third-order valence-electron chi connectivity index (χ3n) is 2.35. The van der Waals surface area contributed by atoms with Gasteiger partial charge < -0.3 is 5.32 Å². The first kappa shape index (κ1) is 11.8. The van der Waals surface area contributed by atoms with E-state index >= 15 is 0 Å². The molecule has 84 valence electrons. The molecule has 0 aliphatic carbocycles. The van der Waals surface area contributed by atoms with Crippen LogP contribution in [0.2, 0.25) is 0 Å². The van der Waals surface area contributed by atoms with E-state index in [9.17, 15) is 4.79 Å². The number of unbranched alkanes of at least 4 members (excludes halogenated alkanes) is 1. The molecule has 0 saturated heterocycles. The molecule has 4 nitrogen and oxygen atoms in total. The van der Waals surface area contributed by atoms with Gasteiger partial charge in [-0.05, 0) is 26.3 Å². The van der Waals surface area contributed by atoms with Gasteiger partial charge in [0.2, 0.25) is 5.91 Å². The van der Waals surface area contributed by atoms with E-state index in [0.29, 0.717) is 0 Å². The first-order chi connectivity index (χ1) is 7.15. The van der Waals surface area contributed by atoms with Gasteiger partial charge in [0.15, 0.2) is 0 Å². The third kappa shape index (κ3) is 3.38. The topological polar surface area (TPSA) is 46.9 Å². The van der Waals surface area contributed by atoms with Crippen LogP contribution in [0, 0.1) is 6.92 Å². The summed E-state index contributed by atoms with van der Waals surface area (Å²) in [5, 5.41) is 7.11. The molecular formula is C11H19N3O. The molecule has 1 aromatic rings. The summed E-state index contributed by atoms with van der Waals surface area (Å²) in [7, 11) is 0. The zero-order chi connectivity index (χ0) is 11.3. The number of aromatic nitrogens is 2. The van der Waals surface area contributed by atoms with E-state index in [0.717, 1.165) is 25.1 Å². The average Bonchev–Trinajstić information content (AvgIpc) is 2.64. The Kier molecular flexibility index (Phi) is 4.34. The van der Waals surface area contributed by atoms with Crippen LogP contribution in [0.1, 0.15) is 38.4 Å². The fourth-order valence-electron chi connectivity index (χ4n) is 1.30. The second kappa shape index (κ2) is 5.53. The molecule has 0 saturated carbocycles. The lowest BCUT2D eigenvalue weighted by atomic mass is 10.3. The van der Waals surface area contributed by atoms with Crippen LogP contribution in [-0.2, 0) is 4.79 Å². The van der Waals surface area contributed by atoms with Crippen LogP contribution in [0.15, 0.2) is 12.3 Å². The van der Waals surface area contributed by atoms with Crippen molar-refractivity contribution >= 4 is 5.91 Å². The molecule has 1 unspecified atom stereocenters. The van der Waals surface area contributed by atoms with Crippen molar-refractivity contribution in [2.45, 2.75) is 39.7 Å². The van der Waals surface area contributed by atoms with E-state index < -0.39 is 0 Å². The summed E-state index contributed by atoms with van der Waals surface area (Å²) in [6, 6.07) is 1.67. The standard InChI is InChI=1S/C11H19N3O/c1-4-5-7-12-11(15)10(3)14-8-6-9(2)13-14/h6,8,10H,4-5,7H2,1-3H3,(H,12,15). The molecule has 0 bridgehead atoms. The molecule has 0 aliphatic rings. The first-order valence-corrected chi connectivity index (χ1v) is 5.44. The Morgan fingerprint density at radius 1 is 1.67 bits per heavy atom. The van der Waals surface area contributed by atoms with Crippen molar-refractivity contribution in [1.82, 2.24) is 15.1 Å². The van der Waals surface area contributed by atoms with Crippen LogP contribution in [0.25, 0.3) is 0 Å². The lowest BCUT2D eigenvalue weighted by molar-refractivity contribution is -0.124. The highest BCUT2D eigenvalue weighted by atomic mass is 16.2. The number of nitrogens with zero attached hydrogens (tertiary/aromatic N) is 2. The van der Waals surface area contributed by atoms with Gasteiger partial charge in [-0.15, -0.1) is 0 Å². The number of rotatable bonds is 5. The highest BCUT2D eigenvalue weighted by Gasteiger charge is 2.14. The second-order valence-electron chi connectivity index (χ2n) is 3.76. The van der Waals surface area contributed by atoms with Gasteiger partial charge >= 0.3 is 0 Å². The summed E-state index contributed by atoms with van der Waals surface area (Å²) in [5.41, 5.74) is 0.934. The van der Waals surface area contributed by atoms with Gasteiger partial charge in [-0.25, -0.2) is 0 Å². The Morgan fingerprint density at radius 3 is 2.93 bits per heavy atom. The van der Waals surface area contributed by atoms with Crippen molar-refractivity contribution in [3.63, 3.8) is 0 Å². The van der Waals surface area contributed by atoms with Crippen molar-refractivity contribution in [3.05, 3.63) is 18.0 Å². The molecule has 1 atom stereocenters. The SMILES string of the molecule is CCCCNC(=O)C(C)n1ccc(C)n1. The summed E-state index contributed by atoms with van der Waals surface area (Å²) in [4.78, 5) is 11.7. The molecule has 0 fully saturated rings. The molecule has 4 heteroatoms. The van der Waals surface area contributed by atoms with E-state index in [2.05, 4.69) is 17.3 Å². The molecule has 0 aliphatic heterocycles. The van der Waals surface area contributed by atoms with E-state index in [-0.39, 0.29) is 11.9 Å². The molecule has 1 heterocycles. The number of nitrogens with one attached hydrogen (secondary N) is 1. The normalized spacial score (nSPS) is 12.5. The van der Waals surface area contributed by atoms with Crippen molar-refractivity contribution in [2.75, 3.05) is 6.54 Å². The predicted octanol–water partition coefficient (Wildman–Crippen LogP) is 1.67. The maximum Gasteiger partial charge on any atom is 0.244 e. The van der Waals surface area contributed by atoms with Gasteiger partial charge in [0.05, 0.1) is 5.69 Å². The molecule has 1 amide bonds. The minimum Gasteiger partial charge on any atom is -0.354 e. The van der Waals surface area contributed by atoms with Crippen LogP contribution in [0.5, 0.6) is 0 Å². The van der Waals surface area contributed by atoms with Gasteiger partial charge in [-0.3, -0.25) is 9.48 Å². The Labute approximate surface area is 90.7 Å². The number of hydrogen-bond donors (Lipinski definition) is 1. The zero-order valence-electron chi connectivity index (χ0n) is 9.66. The van der Waals surface area contributed by atoms with Crippen LogP contribution in [-0.4, -0.2) is 22.2 Å². The minimum absolute atomic E-state index is 0.0338. The fraction of sp³-hybridized carbons (Fsp3) is 0.636. The Balaban J connectivity index is 2.46. The van der Waals surface area contributed by atoms with Gasteiger partial charge in [-0.1, -0.05) is 13.3 Å². The number of carbonyl (C=O) groups excluding carboxylic acids is 1. The molecule has 0 spiro atoms. The van der Waals surface area contributed by atoms with Crippen molar-refractivity contribution in [2.24, 2.45) is 0 Å². The van der Waals surface area contributed by atoms with Gasteiger partial charge in [-0.2, -0.15) is 5.10 Å². The molecule has 0 aromatic carbocycles. The quantitative estimate of drug-likeness (QED) is 0.750. The number of amides is 1. The minimum atomic E-state index is -0.226. The second-order valence-corrected chi connectivity index (χ2v) is 3.76. The monoisotopic (exact) mass is 209 g/mol. The predicted molar refractivity (Wildman–Crippen MR) is 59.6 cm³/mol. The summed E-state index contributed by atoms with van der Waals surface area (Å²) in [5.74, 6) is 0.0338. The fourth-order valence-corrected chi connectivity index (χ4v) is 1.30. The largest absolute Gasteiger partial charge is 0.354 e. The van der Waals surface area contributed by atoms with E-state index in [4.69, 9.17) is 0 Å². The van der Waals surface area contributed by atoms with Crippen LogP contribution in [0.4, 0.5) is 0 Å². The Morgan fingerprint density at radius 2 is 2.40 bits per heavy atom. The number of hydrogen-bond acceptors (Lipinski definition) is 2. The molecule has 1 rings (SSSR count). The van der Waals surface area contributed by atoms with Gasteiger partial charge in [0.1, 0.15) is 6.04 Å². The van der Waals surface area contributed by atoms with Gasteiger partial charge in [0, 0.05) is 12.7 Å². The maximum absolute atomic E-state index is 11.7. The van der Waals surface area contributed by atoms with Crippen LogP contribution < -0.4 is 5.32 Å². The van der Waals surface area contributed by atoms with Crippen molar-refractivity contribution in [3.8, 4) is 0 Å². The lowest BCUT2D eigenvalue weighted by Crippen LogP contribution is -2.31. The maximum atomic E-state index is 11.7. The lowest BCUT2D eigenvalue weighted by Gasteiger charge is -2.12. The number of carbonyl (C=O) groups is 1. The smallest absolute Gasteiger partial charge is 0.244 e. The zero-order valence-corrected chi connectivity index (χ0v) is 9.66. The molecule has 15 heavy (non-hydrogen) atoms. The van der Waals surface area contributed by atoms with Crippen molar-refractivity contribution < 1.29 is 4.79 Å². The molecule has 1 aromatic heterocycles. The summed E-state index contributed by atoms with van der Waals surface area (Å²) >= 11 is 0.